The zero-order valence-electron chi connectivity index (χ0n) is 13.6. The fourth-order valence-electron chi connectivity index (χ4n) is 1.96. The molecule has 1 N–H and O–H groups in total. The standard InChI is InChI=1S/C18H20ClNO4/c1-13(11-23-16-8-6-15(22-2)7-9-16)20-18(21)12-24-17-5-3-4-14(19)10-17/h3-10,13H,11-12H2,1-2H3,(H,20,21)/t13-/m0/s1. The van der Waals surface area contributed by atoms with Crippen LogP contribution in [0.5, 0.6) is 17.2 Å². The Kier molecular flexibility index (Phi) is 6.75. The Morgan fingerprint density at radius 2 is 1.79 bits per heavy atom. The van der Waals surface area contributed by atoms with Crippen molar-refractivity contribution < 1.29 is 19.0 Å². The number of methoxy groups -OCH3 is 1. The predicted octanol–water partition coefficient (Wildman–Crippen LogP) is 3.31. The van der Waals surface area contributed by atoms with Gasteiger partial charge in [0.2, 0.25) is 0 Å². The molecule has 0 fully saturated rings. The number of hydrogen-bond acceptors (Lipinski definition) is 4. The van der Waals surface area contributed by atoms with Gasteiger partial charge < -0.3 is 19.5 Å². The monoisotopic (exact) mass is 349 g/mol. The highest BCUT2D eigenvalue weighted by Crippen LogP contribution is 2.18. The maximum Gasteiger partial charge on any atom is 0.258 e. The summed E-state index contributed by atoms with van der Waals surface area (Å²) in [6, 6.07) is 14.0. The van der Waals surface area contributed by atoms with Crippen LogP contribution in [-0.4, -0.2) is 32.3 Å². The Bertz CT molecular complexity index is 660. The Hall–Kier alpha value is -2.40. The molecule has 0 bridgehead atoms. The molecule has 1 amide bonds. The molecule has 1 atom stereocenters. The fraction of sp³-hybridized carbons (Fsp3) is 0.278. The minimum Gasteiger partial charge on any atom is -0.497 e. The second-order valence-electron chi connectivity index (χ2n) is 5.20. The highest BCUT2D eigenvalue weighted by Gasteiger charge is 2.09. The maximum atomic E-state index is 11.9. The Labute approximate surface area is 146 Å². The molecule has 5 nitrogen and oxygen atoms in total. The molecule has 2 aromatic carbocycles. The van der Waals surface area contributed by atoms with Crippen LogP contribution in [0.25, 0.3) is 0 Å². The normalized spacial score (nSPS) is 11.5. The van der Waals surface area contributed by atoms with Gasteiger partial charge >= 0.3 is 0 Å². The number of ether oxygens (including phenoxy) is 3. The van der Waals surface area contributed by atoms with Crippen LogP contribution in [0.3, 0.4) is 0 Å². The van der Waals surface area contributed by atoms with Gasteiger partial charge in [-0.3, -0.25) is 4.79 Å². The number of rotatable bonds is 8. The van der Waals surface area contributed by atoms with Gasteiger partial charge in [-0.1, -0.05) is 17.7 Å². The first-order valence-corrected chi connectivity index (χ1v) is 7.89. The molecular formula is C18H20ClNO4. The minimum atomic E-state index is -0.221. The van der Waals surface area contributed by atoms with E-state index < -0.39 is 0 Å². The topological polar surface area (TPSA) is 56.8 Å². The highest BCUT2D eigenvalue weighted by atomic mass is 35.5. The average molecular weight is 350 g/mol. The lowest BCUT2D eigenvalue weighted by Crippen LogP contribution is -2.39. The van der Waals surface area contributed by atoms with Crippen molar-refractivity contribution in [3.05, 3.63) is 53.6 Å². The van der Waals surface area contributed by atoms with E-state index in [1.165, 1.54) is 0 Å². The molecule has 0 saturated carbocycles. The fourth-order valence-corrected chi connectivity index (χ4v) is 2.14. The average Bonchev–Trinajstić information content (AvgIpc) is 2.59. The molecule has 24 heavy (non-hydrogen) atoms. The van der Waals surface area contributed by atoms with Crippen LogP contribution < -0.4 is 19.5 Å². The SMILES string of the molecule is COc1ccc(OC[C@H](C)NC(=O)COc2cccc(Cl)c2)cc1. The molecule has 0 aliphatic rings. The van der Waals surface area contributed by atoms with E-state index in [9.17, 15) is 4.79 Å². The molecule has 0 radical (unpaired) electrons. The van der Waals surface area contributed by atoms with Crippen molar-refractivity contribution in [1.82, 2.24) is 5.32 Å². The molecule has 0 aromatic heterocycles. The Morgan fingerprint density at radius 1 is 1.08 bits per heavy atom. The molecule has 0 aliphatic heterocycles. The number of carbonyl (C=O) groups excluding carboxylic acids is 1. The minimum absolute atomic E-state index is 0.0762. The smallest absolute Gasteiger partial charge is 0.258 e. The van der Waals surface area contributed by atoms with Crippen molar-refractivity contribution in [2.24, 2.45) is 0 Å². The van der Waals surface area contributed by atoms with E-state index in [0.29, 0.717) is 23.1 Å². The molecule has 0 saturated heterocycles. The van der Waals surface area contributed by atoms with E-state index in [2.05, 4.69) is 5.32 Å². The Balaban J connectivity index is 1.70. The van der Waals surface area contributed by atoms with E-state index in [-0.39, 0.29) is 18.6 Å². The molecule has 0 aliphatic carbocycles. The summed E-state index contributed by atoms with van der Waals surface area (Å²) in [5.74, 6) is 1.81. The third-order valence-corrected chi connectivity index (χ3v) is 3.37. The van der Waals surface area contributed by atoms with Gasteiger partial charge in [-0.15, -0.1) is 0 Å². The van der Waals surface area contributed by atoms with Crippen LogP contribution in [0.2, 0.25) is 5.02 Å². The van der Waals surface area contributed by atoms with E-state index in [1.807, 2.05) is 31.2 Å². The van der Waals surface area contributed by atoms with E-state index in [0.717, 1.165) is 5.75 Å². The summed E-state index contributed by atoms with van der Waals surface area (Å²) < 4.78 is 16.1. The molecule has 6 heteroatoms. The quantitative estimate of drug-likeness (QED) is 0.794. The predicted molar refractivity (Wildman–Crippen MR) is 93.0 cm³/mol. The number of nitrogens with one attached hydrogen (secondary N) is 1. The van der Waals surface area contributed by atoms with Crippen molar-refractivity contribution in [1.29, 1.82) is 0 Å². The van der Waals surface area contributed by atoms with Gasteiger partial charge in [0.15, 0.2) is 6.61 Å². The maximum absolute atomic E-state index is 11.9. The summed E-state index contributed by atoms with van der Waals surface area (Å²) in [7, 11) is 1.61. The van der Waals surface area contributed by atoms with Gasteiger partial charge in [0.25, 0.3) is 5.91 Å². The summed E-state index contributed by atoms with van der Waals surface area (Å²) in [4.78, 5) is 11.9. The van der Waals surface area contributed by atoms with Gasteiger partial charge in [0.05, 0.1) is 13.2 Å². The van der Waals surface area contributed by atoms with Crippen molar-refractivity contribution >= 4 is 17.5 Å². The lowest BCUT2D eigenvalue weighted by Gasteiger charge is -2.15. The first-order chi connectivity index (χ1) is 11.6. The van der Waals surface area contributed by atoms with Crippen molar-refractivity contribution in [2.45, 2.75) is 13.0 Å². The number of benzene rings is 2. The Morgan fingerprint density at radius 3 is 2.46 bits per heavy atom. The molecule has 128 valence electrons. The molecule has 0 unspecified atom stereocenters. The van der Waals surface area contributed by atoms with Crippen LogP contribution in [-0.2, 0) is 4.79 Å². The van der Waals surface area contributed by atoms with Crippen LogP contribution in [0.15, 0.2) is 48.5 Å². The highest BCUT2D eigenvalue weighted by molar-refractivity contribution is 6.30. The zero-order valence-corrected chi connectivity index (χ0v) is 14.4. The van der Waals surface area contributed by atoms with Gasteiger partial charge in [0.1, 0.15) is 23.9 Å². The number of hydrogen-bond donors (Lipinski definition) is 1. The molecular weight excluding hydrogens is 330 g/mol. The second kappa shape index (κ2) is 9.03. The summed E-state index contributed by atoms with van der Waals surface area (Å²) in [6.45, 7) is 2.14. The van der Waals surface area contributed by atoms with Gasteiger partial charge in [-0.2, -0.15) is 0 Å². The lowest BCUT2D eigenvalue weighted by atomic mass is 10.3. The summed E-state index contributed by atoms with van der Waals surface area (Å²) >= 11 is 5.86. The third kappa shape index (κ3) is 6.01. The summed E-state index contributed by atoms with van der Waals surface area (Å²) in [5, 5.41) is 3.37. The van der Waals surface area contributed by atoms with Gasteiger partial charge in [-0.25, -0.2) is 0 Å². The molecule has 0 heterocycles. The molecule has 2 aromatic rings. The van der Waals surface area contributed by atoms with Crippen LogP contribution in [0, 0.1) is 0 Å². The van der Waals surface area contributed by atoms with Crippen molar-refractivity contribution in [2.75, 3.05) is 20.3 Å². The van der Waals surface area contributed by atoms with E-state index >= 15 is 0 Å². The first kappa shape index (κ1) is 17.9. The zero-order chi connectivity index (χ0) is 17.4. The van der Waals surface area contributed by atoms with E-state index in [1.54, 1.807) is 31.4 Å². The number of halogens is 1. The second-order valence-corrected chi connectivity index (χ2v) is 5.64. The van der Waals surface area contributed by atoms with Crippen LogP contribution in [0.1, 0.15) is 6.92 Å². The van der Waals surface area contributed by atoms with Crippen LogP contribution in [0.4, 0.5) is 0 Å². The van der Waals surface area contributed by atoms with Crippen LogP contribution >= 0.6 is 11.6 Å². The van der Waals surface area contributed by atoms with Gasteiger partial charge in [0, 0.05) is 5.02 Å². The molecule has 2 rings (SSSR count). The van der Waals surface area contributed by atoms with Gasteiger partial charge in [-0.05, 0) is 49.4 Å². The number of carbonyl (C=O) groups is 1. The lowest BCUT2D eigenvalue weighted by molar-refractivity contribution is -0.123. The number of amides is 1. The first-order valence-electron chi connectivity index (χ1n) is 7.51. The molecule has 0 spiro atoms. The van der Waals surface area contributed by atoms with Crippen molar-refractivity contribution in [3.63, 3.8) is 0 Å². The summed E-state index contributed by atoms with van der Waals surface area (Å²) in [5.41, 5.74) is 0. The third-order valence-electron chi connectivity index (χ3n) is 3.13. The van der Waals surface area contributed by atoms with E-state index in [4.69, 9.17) is 25.8 Å². The summed E-state index contributed by atoms with van der Waals surface area (Å²) in [6.07, 6.45) is 0. The van der Waals surface area contributed by atoms with Crippen molar-refractivity contribution in [3.8, 4) is 17.2 Å². The largest absolute Gasteiger partial charge is 0.497 e.